The summed E-state index contributed by atoms with van der Waals surface area (Å²) in [4.78, 5) is 15.4. The van der Waals surface area contributed by atoms with Gasteiger partial charge in [-0.3, -0.25) is 4.79 Å². The molecule has 2 aromatic rings. The third-order valence-electron chi connectivity index (χ3n) is 5.43. The van der Waals surface area contributed by atoms with Gasteiger partial charge in [0.2, 0.25) is 5.91 Å². The fraction of sp³-hybridized carbons (Fsp3) is 0.591. The van der Waals surface area contributed by atoms with Crippen molar-refractivity contribution in [2.75, 3.05) is 0 Å². The summed E-state index contributed by atoms with van der Waals surface area (Å²) in [5.74, 6) is 1.87. The second-order valence-corrected chi connectivity index (χ2v) is 10.4. The molecule has 2 fully saturated rings. The lowest BCUT2D eigenvalue weighted by Crippen LogP contribution is -2.48. The predicted octanol–water partition coefficient (Wildman–Crippen LogP) is 4.80. The van der Waals surface area contributed by atoms with Crippen LogP contribution in [0.4, 0.5) is 0 Å². The minimum atomic E-state index is -0.245. The molecule has 2 aliphatic carbocycles. The lowest BCUT2D eigenvalue weighted by molar-refractivity contribution is -0.135. The third kappa shape index (κ3) is 4.27. The van der Waals surface area contributed by atoms with Crippen molar-refractivity contribution in [3.05, 3.63) is 41.7 Å². The molecular formula is C22H30N4OS. The number of rotatable bonds is 7. The molecule has 2 aliphatic rings. The van der Waals surface area contributed by atoms with Crippen molar-refractivity contribution in [1.82, 2.24) is 19.7 Å². The first-order valence-electron chi connectivity index (χ1n) is 10.3. The van der Waals surface area contributed by atoms with Crippen LogP contribution in [0.3, 0.4) is 0 Å². The Balaban J connectivity index is 1.51. The number of carbonyl (C=O) groups excluding carboxylic acids is 1. The molecule has 0 bridgehead atoms. The third-order valence-corrected chi connectivity index (χ3v) is 6.48. The lowest BCUT2D eigenvalue weighted by Gasteiger charge is -2.37. The number of amides is 1. The van der Waals surface area contributed by atoms with E-state index in [1.165, 1.54) is 25.7 Å². The Labute approximate surface area is 171 Å². The molecule has 1 aromatic heterocycles. The van der Waals surface area contributed by atoms with Crippen LogP contribution >= 0.6 is 11.8 Å². The van der Waals surface area contributed by atoms with Gasteiger partial charge in [-0.05, 0) is 58.9 Å². The number of thioether (sulfide) groups is 1. The number of carbonyl (C=O) groups is 1. The minimum absolute atomic E-state index is 0.152. The molecule has 0 N–H and O–H groups in total. The average molecular weight is 399 g/mol. The quantitative estimate of drug-likeness (QED) is 0.629. The van der Waals surface area contributed by atoms with E-state index in [4.69, 9.17) is 0 Å². The van der Waals surface area contributed by atoms with Crippen molar-refractivity contribution in [1.29, 1.82) is 0 Å². The van der Waals surface area contributed by atoms with Gasteiger partial charge in [0, 0.05) is 24.0 Å². The maximum absolute atomic E-state index is 13.4. The first kappa shape index (κ1) is 19.5. The van der Waals surface area contributed by atoms with E-state index < -0.39 is 0 Å². The minimum Gasteiger partial charge on any atom is -0.333 e. The first-order valence-corrected chi connectivity index (χ1v) is 11.2. The Morgan fingerprint density at radius 2 is 1.86 bits per heavy atom. The molecule has 0 radical (unpaired) electrons. The summed E-state index contributed by atoms with van der Waals surface area (Å²) in [6.07, 6.45) is 4.85. The molecule has 5 nitrogen and oxygen atoms in total. The summed E-state index contributed by atoms with van der Waals surface area (Å²) in [6, 6.07) is 10.8. The zero-order valence-electron chi connectivity index (χ0n) is 17.3. The molecular weight excluding hydrogens is 368 g/mol. The van der Waals surface area contributed by atoms with Gasteiger partial charge < -0.3 is 9.47 Å². The zero-order valence-corrected chi connectivity index (χ0v) is 18.1. The van der Waals surface area contributed by atoms with E-state index in [1.807, 2.05) is 30.0 Å². The lowest BCUT2D eigenvalue weighted by atomic mass is 10.0. The van der Waals surface area contributed by atoms with Crippen LogP contribution in [0.1, 0.15) is 76.7 Å². The number of nitrogens with zero attached hydrogens (tertiary/aromatic N) is 4. The maximum atomic E-state index is 13.4. The van der Waals surface area contributed by atoms with E-state index in [0.29, 0.717) is 18.5 Å². The van der Waals surface area contributed by atoms with Crippen molar-refractivity contribution in [2.24, 2.45) is 0 Å². The number of hydrogen-bond acceptors (Lipinski definition) is 4. The molecule has 150 valence electrons. The van der Waals surface area contributed by atoms with Crippen molar-refractivity contribution >= 4 is 17.7 Å². The topological polar surface area (TPSA) is 51.0 Å². The Bertz CT molecular complexity index is 834. The Morgan fingerprint density at radius 1 is 1.18 bits per heavy atom. The van der Waals surface area contributed by atoms with Crippen molar-refractivity contribution in [3.63, 3.8) is 0 Å². The number of aromatic nitrogens is 3. The number of benzene rings is 1. The van der Waals surface area contributed by atoms with Gasteiger partial charge in [0.1, 0.15) is 5.82 Å². The Morgan fingerprint density at radius 3 is 2.43 bits per heavy atom. The summed E-state index contributed by atoms with van der Waals surface area (Å²) in [6.45, 7) is 8.92. The molecule has 1 heterocycles. The molecule has 1 amide bonds. The van der Waals surface area contributed by atoms with Crippen LogP contribution in [0.15, 0.2) is 35.5 Å². The fourth-order valence-corrected chi connectivity index (χ4v) is 4.49. The summed E-state index contributed by atoms with van der Waals surface area (Å²) < 4.78 is 2.32. The van der Waals surface area contributed by atoms with Gasteiger partial charge in [0.25, 0.3) is 0 Å². The van der Waals surface area contributed by atoms with E-state index in [0.717, 1.165) is 16.5 Å². The monoisotopic (exact) mass is 398 g/mol. The molecule has 1 atom stereocenters. The Hall–Kier alpha value is -1.82. The highest BCUT2D eigenvalue weighted by Gasteiger charge is 2.38. The van der Waals surface area contributed by atoms with E-state index in [-0.39, 0.29) is 16.7 Å². The van der Waals surface area contributed by atoms with Gasteiger partial charge in [-0.1, -0.05) is 42.1 Å². The molecule has 0 spiro atoms. The van der Waals surface area contributed by atoms with Crippen LogP contribution in [-0.2, 0) is 11.3 Å². The summed E-state index contributed by atoms with van der Waals surface area (Å²) in [7, 11) is 0. The molecule has 0 aliphatic heterocycles. The summed E-state index contributed by atoms with van der Waals surface area (Å²) in [5, 5.41) is 9.67. The van der Waals surface area contributed by atoms with Gasteiger partial charge >= 0.3 is 0 Å². The predicted molar refractivity (Wildman–Crippen MR) is 112 cm³/mol. The standard InChI is InChI=1S/C22H30N4OS/c1-15(20(27)25(22(2,3)4)14-16-8-6-5-7-9-16)28-21-24-23-19(17-10-11-17)26(21)18-12-13-18/h5-9,15,17-18H,10-14H2,1-4H3/t15-/m0/s1. The van der Waals surface area contributed by atoms with E-state index in [1.54, 1.807) is 11.8 Å². The molecule has 1 aromatic carbocycles. The second kappa shape index (κ2) is 7.54. The molecule has 28 heavy (non-hydrogen) atoms. The van der Waals surface area contributed by atoms with E-state index >= 15 is 0 Å². The molecule has 0 saturated heterocycles. The molecule has 4 rings (SSSR count). The van der Waals surface area contributed by atoms with E-state index in [9.17, 15) is 4.79 Å². The summed E-state index contributed by atoms with van der Waals surface area (Å²) >= 11 is 1.57. The van der Waals surface area contributed by atoms with Crippen LogP contribution in [0.2, 0.25) is 0 Å². The normalized spacial score (nSPS) is 18.1. The first-order chi connectivity index (χ1) is 13.3. The maximum Gasteiger partial charge on any atom is 0.236 e. The van der Waals surface area contributed by atoms with Crippen LogP contribution in [0.5, 0.6) is 0 Å². The van der Waals surface area contributed by atoms with Crippen molar-refractivity contribution < 1.29 is 4.79 Å². The van der Waals surface area contributed by atoms with Gasteiger partial charge in [-0.2, -0.15) is 0 Å². The van der Waals surface area contributed by atoms with Gasteiger partial charge in [-0.15, -0.1) is 10.2 Å². The van der Waals surface area contributed by atoms with Gasteiger partial charge in [0.15, 0.2) is 5.16 Å². The SMILES string of the molecule is C[C@H](Sc1nnc(C2CC2)n1C1CC1)C(=O)N(Cc1ccccc1)C(C)(C)C. The largest absolute Gasteiger partial charge is 0.333 e. The van der Waals surface area contributed by atoms with Gasteiger partial charge in [-0.25, -0.2) is 0 Å². The van der Waals surface area contributed by atoms with Gasteiger partial charge in [0.05, 0.1) is 5.25 Å². The van der Waals surface area contributed by atoms with Crippen LogP contribution in [0.25, 0.3) is 0 Å². The highest BCUT2D eigenvalue weighted by Crippen LogP contribution is 2.46. The van der Waals surface area contributed by atoms with Crippen molar-refractivity contribution in [2.45, 2.75) is 87.8 Å². The Kier molecular flexibility index (Phi) is 5.25. The second-order valence-electron chi connectivity index (χ2n) is 9.06. The fourth-order valence-electron chi connectivity index (χ4n) is 3.50. The molecule has 6 heteroatoms. The highest BCUT2D eigenvalue weighted by molar-refractivity contribution is 8.00. The highest BCUT2D eigenvalue weighted by atomic mass is 32.2. The van der Waals surface area contributed by atoms with Crippen LogP contribution in [-0.4, -0.2) is 36.4 Å². The van der Waals surface area contributed by atoms with E-state index in [2.05, 4.69) is 47.7 Å². The van der Waals surface area contributed by atoms with Crippen LogP contribution in [0, 0.1) is 0 Å². The summed E-state index contributed by atoms with van der Waals surface area (Å²) in [5.41, 5.74) is 0.908. The average Bonchev–Trinajstić information content (AvgIpc) is 3.58. The van der Waals surface area contributed by atoms with Crippen LogP contribution < -0.4 is 0 Å². The van der Waals surface area contributed by atoms with Crippen molar-refractivity contribution in [3.8, 4) is 0 Å². The number of hydrogen-bond donors (Lipinski definition) is 0. The molecule has 2 saturated carbocycles. The zero-order chi connectivity index (χ0) is 19.9. The molecule has 0 unspecified atom stereocenters. The smallest absolute Gasteiger partial charge is 0.236 e.